The highest BCUT2D eigenvalue weighted by Gasteiger charge is 2.31. The van der Waals surface area contributed by atoms with Crippen molar-refractivity contribution in [2.75, 3.05) is 13.2 Å². The molecule has 1 N–H and O–H groups in total. The van der Waals surface area contributed by atoms with Gasteiger partial charge in [0, 0.05) is 13.2 Å². The van der Waals surface area contributed by atoms with Crippen LogP contribution >= 0.6 is 0 Å². The van der Waals surface area contributed by atoms with E-state index in [4.69, 9.17) is 9.47 Å². The molecule has 4 heteroatoms. The molecule has 3 atom stereocenters. The van der Waals surface area contributed by atoms with E-state index in [1.807, 2.05) is 0 Å². The topological polar surface area (TPSA) is 47.6 Å². The Labute approximate surface area is 109 Å². The first-order valence-corrected chi connectivity index (χ1v) is 7.20. The number of ether oxygens (including phenoxy) is 2. The predicted molar refractivity (Wildman–Crippen MR) is 69.3 cm³/mol. The molecule has 18 heavy (non-hydrogen) atoms. The van der Waals surface area contributed by atoms with Crippen molar-refractivity contribution in [3.05, 3.63) is 0 Å². The summed E-state index contributed by atoms with van der Waals surface area (Å²) in [6, 6.07) is 0.165. The molecule has 2 fully saturated rings. The van der Waals surface area contributed by atoms with Crippen LogP contribution in [0.2, 0.25) is 0 Å². The second-order valence-electron chi connectivity index (χ2n) is 5.80. The summed E-state index contributed by atoms with van der Waals surface area (Å²) in [6.07, 6.45) is 4.86. The van der Waals surface area contributed by atoms with Crippen molar-refractivity contribution in [3.8, 4) is 0 Å². The van der Waals surface area contributed by atoms with E-state index in [1.54, 1.807) is 0 Å². The van der Waals surface area contributed by atoms with E-state index in [1.165, 1.54) is 0 Å². The van der Waals surface area contributed by atoms with Crippen molar-refractivity contribution < 1.29 is 14.3 Å². The number of carbonyl (C=O) groups excluding carboxylic acids is 1. The summed E-state index contributed by atoms with van der Waals surface area (Å²) in [5.41, 5.74) is 0. The highest BCUT2D eigenvalue weighted by Crippen LogP contribution is 2.21. The van der Waals surface area contributed by atoms with E-state index in [0.717, 1.165) is 38.7 Å². The molecule has 0 radical (unpaired) electrons. The van der Waals surface area contributed by atoms with Crippen molar-refractivity contribution in [1.82, 2.24) is 5.32 Å². The largest absolute Gasteiger partial charge is 0.376 e. The standard InChI is InChI=1S/C14H25NO3/c1-10(2)9-13-11(5-3-7-18-13)15-14(16)12-6-4-8-17-12/h10-13H,3-9H2,1-2H3,(H,15,16)/t11-,12+,13+/m1/s1. The van der Waals surface area contributed by atoms with E-state index >= 15 is 0 Å². The van der Waals surface area contributed by atoms with E-state index in [2.05, 4.69) is 19.2 Å². The van der Waals surface area contributed by atoms with Crippen LogP contribution in [0.15, 0.2) is 0 Å². The van der Waals surface area contributed by atoms with Crippen molar-refractivity contribution in [1.29, 1.82) is 0 Å². The average molecular weight is 255 g/mol. The van der Waals surface area contributed by atoms with Gasteiger partial charge in [-0.15, -0.1) is 0 Å². The predicted octanol–water partition coefficient (Wildman–Crippen LogP) is 1.88. The van der Waals surface area contributed by atoms with Gasteiger partial charge in [0.1, 0.15) is 6.10 Å². The minimum atomic E-state index is -0.230. The van der Waals surface area contributed by atoms with Gasteiger partial charge in [0.15, 0.2) is 0 Å². The Morgan fingerprint density at radius 3 is 2.61 bits per heavy atom. The second kappa shape index (κ2) is 6.53. The third kappa shape index (κ3) is 3.69. The van der Waals surface area contributed by atoms with Crippen LogP contribution in [0.5, 0.6) is 0 Å². The van der Waals surface area contributed by atoms with Gasteiger partial charge in [-0.2, -0.15) is 0 Å². The zero-order valence-corrected chi connectivity index (χ0v) is 11.5. The highest BCUT2D eigenvalue weighted by molar-refractivity contribution is 5.81. The van der Waals surface area contributed by atoms with E-state index in [0.29, 0.717) is 12.5 Å². The smallest absolute Gasteiger partial charge is 0.249 e. The average Bonchev–Trinajstić information content (AvgIpc) is 2.84. The molecule has 4 nitrogen and oxygen atoms in total. The molecule has 2 aliphatic heterocycles. The highest BCUT2D eigenvalue weighted by atomic mass is 16.5. The van der Waals surface area contributed by atoms with Crippen LogP contribution in [0.4, 0.5) is 0 Å². The molecule has 2 heterocycles. The number of carbonyl (C=O) groups is 1. The van der Waals surface area contributed by atoms with Gasteiger partial charge in [-0.25, -0.2) is 0 Å². The van der Waals surface area contributed by atoms with Crippen LogP contribution in [0, 0.1) is 5.92 Å². The van der Waals surface area contributed by atoms with Crippen LogP contribution in [-0.4, -0.2) is 37.4 Å². The molecular weight excluding hydrogens is 230 g/mol. The first kappa shape index (κ1) is 13.8. The summed E-state index contributed by atoms with van der Waals surface area (Å²) in [6.45, 7) is 5.92. The fraction of sp³-hybridized carbons (Fsp3) is 0.929. The number of hydrogen-bond acceptors (Lipinski definition) is 3. The van der Waals surface area contributed by atoms with Gasteiger partial charge in [0.25, 0.3) is 0 Å². The number of rotatable bonds is 4. The first-order chi connectivity index (χ1) is 8.66. The third-order valence-electron chi connectivity index (χ3n) is 3.69. The van der Waals surface area contributed by atoms with E-state index in [-0.39, 0.29) is 24.2 Å². The first-order valence-electron chi connectivity index (χ1n) is 7.20. The number of amides is 1. The molecule has 0 aromatic rings. The van der Waals surface area contributed by atoms with Crippen molar-refractivity contribution in [2.24, 2.45) is 5.92 Å². The second-order valence-corrected chi connectivity index (χ2v) is 5.80. The quantitative estimate of drug-likeness (QED) is 0.834. The Morgan fingerprint density at radius 2 is 1.94 bits per heavy atom. The summed E-state index contributed by atoms with van der Waals surface area (Å²) < 4.78 is 11.2. The molecule has 0 aromatic carbocycles. The maximum absolute atomic E-state index is 12.1. The summed E-state index contributed by atoms with van der Waals surface area (Å²) in [5, 5.41) is 3.13. The zero-order valence-electron chi connectivity index (χ0n) is 11.5. The molecule has 2 saturated heterocycles. The Hall–Kier alpha value is -0.610. The van der Waals surface area contributed by atoms with Gasteiger partial charge < -0.3 is 14.8 Å². The Bertz CT molecular complexity index is 274. The van der Waals surface area contributed by atoms with Gasteiger partial charge in [0.05, 0.1) is 12.1 Å². The Kier molecular flexibility index (Phi) is 5.01. The maximum Gasteiger partial charge on any atom is 0.249 e. The van der Waals surface area contributed by atoms with Crippen molar-refractivity contribution in [3.63, 3.8) is 0 Å². The summed E-state index contributed by atoms with van der Waals surface area (Å²) in [4.78, 5) is 12.1. The Morgan fingerprint density at radius 1 is 1.22 bits per heavy atom. The monoisotopic (exact) mass is 255 g/mol. The molecule has 1 amide bonds. The van der Waals surface area contributed by atoms with Crippen LogP contribution in [0.3, 0.4) is 0 Å². The maximum atomic E-state index is 12.1. The molecule has 0 spiro atoms. The number of hydrogen-bond donors (Lipinski definition) is 1. The lowest BCUT2D eigenvalue weighted by Crippen LogP contribution is -2.50. The molecule has 104 valence electrons. The fourth-order valence-corrected chi connectivity index (χ4v) is 2.76. The fourth-order valence-electron chi connectivity index (χ4n) is 2.76. The SMILES string of the molecule is CC(C)C[C@@H]1OCCC[C@H]1NC(=O)[C@@H]1CCCO1. The van der Waals surface area contributed by atoms with Crippen molar-refractivity contribution >= 4 is 5.91 Å². The van der Waals surface area contributed by atoms with Gasteiger partial charge >= 0.3 is 0 Å². The zero-order chi connectivity index (χ0) is 13.0. The summed E-state index contributed by atoms with van der Waals surface area (Å²) in [5.74, 6) is 0.645. The molecule has 0 unspecified atom stereocenters. The van der Waals surface area contributed by atoms with Gasteiger partial charge in [-0.3, -0.25) is 4.79 Å². The van der Waals surface area contributed by atoms with Crippen LogP contribution in [-0.2, 0) is 14.3 Å². The van der Waals surface area contributed by atoms with E-state index in [9.17, 15) is 4.79 Å². The lowest BCUT2D eigenvalue weighted by molar-refractivity contribution is -0.133. The molecule has 0 bridgehead atoms. The molecule has 0 saturated carbocycles. The summed E-state index contributed by atoms with van der Waals surface area (Å²) in [7, 11) is 0. The van der Waals surface area contributed by atoms with Crippen LogP contribution in [0.1, 0.15) is 46.0 Å². The van der Waals surface area contributed by atoms with Gasteiger partial charge in [-0.1, -0.05) is 13.8 Å². The minimum Gasteiger partial charge on any atom is -0.376 e. The third-order valence-corrected chi connectivity index (χ3v) is 3.69. The lowest BCUT2D eigenvalue weighted by Gasteiger charge is -2.34. The minimum absolute atomic E-state index is 0.0526. The molecular formula is C14H25NO3. The van der Waals surface area contributed by atoms with Crippen molar-refractivity contribution in [2.45, 2.75) is 64.2 Å². The lowest BCUT2D eigenvalue weighted by atomic mass is 9.94. The molecule has 0 aliphatic carbocycles. The molecule has 2 rings (SSSR count). The summed E-state index contributed by atoms with van der Waals surface area (Å²) >= 11 is 0. The molecule has 0 aromatic heterocycles. The Balaban J connectivity index is 1.86. The normalized spacial score (nSPS) is 32.7. The van der Waals surface area contributed by atoms with E-state index < -0.39 is 0 Å². The molecule has 2 aliphatic rings. The van der Waals surface area contributed by atoms with Crippen LogP contribution < -0.4 is 5.32 Å². The van der Waals surface area contributed by atoms with Crippen LogP contribution in [0.25, 0.3) is 0 Å². The van der Waals surface area contributed by atoms with Gasteiger partial charge in [0.2, 0.25) is 5.91 Å². The number of nitrogens with one attached hydrogen (secondary N) is 1. The van der Waals surface area contributed by atoms with Gasteiger partial charge in [-0.05, 0) is 38.0 Å².